The lowest BCUT2D eigenvalue weighted by Gasteiger charge is -2.29. The van der Waals surface area contributed by atoms with Gasteiger partial charge in [0.15, 0.2) is 0 Å². The molecule has 3 atom stereocenters. The molecule has 0 radical (unpaired) electrons. The number of hydrogen-bond acceptors (Lipinski definition) is 4. The summed E-state index contributed by atoms with van der Waals surface area (Å²) in [5.74, 6) is 1.34. The monoisotopic (exact) mass is 258 g/mol. The van der Waals surface area contributed by atoms with E-state index in [1.165, 1.54) is 25.0 Å². The molecule has 3 nitrogen and oxygen atoms in total. The molecule has 0 amide bonds. The maximum absolute atomic E-state index is 5.49. The lowest BCUT2D eigenvalue weighted by molar-refractivity contribution is 0.0712. The summed E-state index contributed by atoms with van der Waals surface area (Å²) < 4.78 is 5.96. The van der Waals surface area contributed by atoms with E-state index in [-0.39, 0.29) is 0 Å². The van der Waals surface area contributed by atoms with Crippen LogP contribution in [0.15, 0.2) is 0 Å². The summed E-state index contributed by atoms with van der Waals surface area (Å²) in [6.45, 7) is 8.58. The van der Waals surface area contributed by atoms with Crippen molar-refractivity contribution < 1.29 is 4.74 Å². The van der Waals surface area contributed by atoms with Crippen LogP contribution >= 0.6 is 11.8 Å². The largest absolute Gasteiger partial charge is 0.379 e. The number of morpholine rings is 1. The third-order valence-corrected chi connectivity index (χ3v) is 5.30. The van der Waals surface area contributed by atoms with Gasteiger partial charge in [-0.1, -0.05) is 0 Å². The highest BCUT2D eigenvalue weighted by Gasteiger charge is 2.29. The second-order valence-electron chi connectivity index (χ2n) is 5.65. The van der Waals surface area contributed by atoms with E-state index in [1.807, 2.05) is 0 Å². The minimum absolute atomic E-state index is 0.477. The summed E-state index contributed by atoms with van der Waals surface area (Å²) in [6.07, 6.45) is 3.91. The van der Waals surface area contributed by atoms with Crippen molar-refractivity contribution in [1.82, 2.24) is 10.6 Å². The molecule has 0 aromatic heterocycles. The maximum Gasteiger partial charge on any atom is 0.0620 e. The van der Waals surface area contributed by atoms with Gasteiger partial charge in [-0.2, -0.15) is 11.8 Å². The Morgan fingerprint density at radius 3 is 3.12 bits per heavy atom. The average molecular weight is 258 g/mol. The van der Waals surface area contributed by atoms with Crippen LogP contribution in [0, 0.1) is 0 Å². The fourth-order valence-electron chi connectivity index (χ4n) is 2.65. The topological polar surface area (TPSA) is 33.3 Å². The van der Waals surface area contributed by atoms with Crippen LogP contribution in [0.4, 0.5) is 0 Å². The van der Waals surface area contributed by atoms with Crippen LogP contribution in [-0.2, 0) is 4.74 Å². The summed E-state index contributed by atoms with van der Waals surface area (Å²) in [7, 11) is 0. The van der Waals surface area contributed by atoms with Gasteiger partial charge in [0, 0.05) is 29.9 Å². The van der Waals surface area contributed by atoms with Crippen molar-refractivity contribution in [3.63, 3.8) is 0 Å². The molecule has 4 heteroatoms. The highest BCUT2D eigenvalue weighted by atomic mass is 32.2. The van der Waals surface area contributed by atoms with E-state index in [4.69, 9.17) is 4.74 Å². The Morgan fingerprint density at radius 1 is 1.59 bits per heavy atom. The van der Waals surface area contributed by atoms with E-state index in [0.29, 0.717) is 16.8 Å². The van der Waals surface area contributed by atoms with Crippen LogP contribution in [0.5, 0.6) is 0 Å². The van der Waals surface area contributed by atoms with E-state index in [1.54, 1.807) is 0 Å². The summed E-state index contributed by atoms with van der Waals surface area (Å²) in [6, 6.07) is 1.11. The summed E-state index contributed by atoms with van der Waals surface area (Å²) in [5, 5.41) is 7.21. The predicted octanol–water partition coefficient (Wildman–Crippen LogP) is 1.63. The van der Waals surface area contributed by atoms with E-state index >= 15 is 0 Å². The van der Waals surface area contributed by atoms with Crippen molar-refractivity contribution in [1.29, 1.82) is 0 Å². The highest BCUT2D eigenvalue weighted by molar-refractivity contribution is 8.00. The van der Waals surface area contributed by atoms with E-state index in [9.17, 15) is 0 Å². The number of hydrogen-bond donors (Lipinski definition) is 2. The predicted molar refractivity (Wildman–Crippen MR) is 74.8 cm³/mol. The molecule has 2 aliphatic rings. The highest BCUT2D eigenvalue weighted by Crippen LogP contribution is 2.37. The molecule has 100 valence electrons. The molecule has 2 N–H and O–H groups in total. The normalized spacial score (nSPS) is 36.0. The van der Waals surface area contributed by atoms with Crippen LogP contribution in [0.25, 0.3) is 0 Å². The third kappa shape index (κ3) is 4.43. The molecule has 0 bridgehead atoms. The number of rotatable bonds is 5. The Hall–Kier alpha value is 0.230. The van der Waals surface area contributed by atoms with Gasteiger partial charge in [-0.25, -0.2) is 0 Å². The van der Waals surface area contributed by atoms with E-state index in [2.05, 4.69) is 36.2 Å². The van der Waals surface area contributed by atoms with Crippen LogP contribution in [0.1, 0.15) is 33.1 Å². The lowest BCUT2D eigenvalue weighted by Crippen LogP contribution is -2.46. The van der Waals surface area contributed by atoms with Crippen molar-refractivity contribution in [2.45, 2.75) is 49.9 Å². The molecule has 0 saturated carbocycles. The van der Waals surface area contributed by atoms with Crippen molar-refractivity contribution in [2.75, 3.05) is 32.1 Å². The molecule has 0 aromatic rings. The van der Waals surface area contributed by atoms with Gasteiger partial charge in [-0.3, -0.25) is 0 Å². The molecular formula is C13H26N2OS. The molecule has 0 spiro atoms. The van der Waals surface area contributed by atoms with E-state index in [0.717, 1.165) is 26.3 Å². The summed E-state index contributed by atoms with van der Waals surface area (Å²) >= 11 is 2.13. The molecule has 0 aromatic carbocycles. The van der Waals surface area contributed by atoms with Gasteiger partial charge in [0.25, 0.3) is 0 Å². The van der Waals surface area contributed by atoms with Crippen LogP contribution in [0.3, 0.4) is 0 Å². The Morgan fingerprint density at radius 2 is 2.47 bits per heavy atom. The molecule has 2 fully saturated rings. The fourth-order valence-corrected chi connectivity index (χ4v) is 3.90. The molecule has 2 saturated heterocycles. The molecule has 17 heavy (non-hydrogen) atoms. The smallest absolute Gasteiger partial charge is 0.0620 e. The fraction of sp³-hybridized carbons (Fsp3) is 1.00. The van der Waals surface area contributed by atoms with Gasteiger partial charge < -0.3 is 15.4 Å². The second-order valence-corrected chi connectivity index (χ2v) is 7.33. The van der Waals surface area contributed by atoms with Crippen molar-refractivity contribution in [3.05, 3.63) is 0 Å². The third-order valence-electron chi connectivity index (χ3n) is 3.76. The first kappa shape index (κ1) is 13.7. The second kappa shape index (κ2) is 6.41. The van der Waals surface area contributed by atoms with Crippen molar-refractivity contribution >= 4 is 11.8 Å². The number of nitrogens with one attached hydrogen (secondary N) is 2. The van der Waals surface area contributed by atoms with E-state index < -0.39 is 0 Å². The zero-order valence-electron chi connectivity index (χ0n) is 11.1. The van der Waals surface area contributed by atoms with Gasteiger partial charge in [0.1, 0.15) is 0 Å². The van der Waals surface area contributed by atoms with Gasteiger partial charge in [0.2, 0.25) is 0 Å². The van der Waals surface area contributed by atoms with Crippen LogP contribution < -0.4 is 10.6 Å². The molecule has 0 aliphatic carbocycles. The van der Waals surface area contributed by atoms with Crippen LogP contribution in [0.2, 0.25) is 0 Å². The van der Waals surface area contributed by atoms with Gasteiger partial charge >= 0.3 is 0 Å². The molecular weight excluding hydrogens is 232 g/mol. The first-order valence-corrected chi connectivity index (χ1v) is 7.85. The zero-order valence-corrected chi connectivity index (χ0v) is 11.9. The Bertz CT molecular complexity index is 225. The SMILES string of the molecule is CC(CC1COCCN1)NCC1(C)CCCS1. The number of ether oxygens (including phenoxy) is 1. The molecule has 2 heterocycles. The first-order valence-electron chi connectivity index (χ1n) is 6.86. The van der Waals surface area contributed by atoms with Crippen LogP contribution in [-0.4, -0.2) is 48.9 Å². The standard InChI is InChI=1S/C13H26N2OS/c1-11(8-12-9-16-6-5-14-12)15-10-13(2)4-3-7-17-13/h11-12,14-15H,3-10H2,1-2H3. The quantitative estimate of drug-likeness (QED) is 0.785. The average Bonchev–Trinajstić information content (AvgIpc) is 2.76. The minimum Gasteiger partial charge on any atom is -0.379 e. The molecule has 3 unspecified atom stereocenters. The first-order chi connectivity index (χ1) is 8.18. The lowest BCUT2D eigenvalue weighted by atomic mass is 10.0. The molecule has 2 aliphatic heterocycles. The zero-order chi connectivity index (χ0) is 12.1. The van der Waals surface area contributed by atoms with Crippen molar-refractivity contribution in [3.8, 4) is 0 Å². The van der Waals surface area contributed by atoms with Gasteiger partial charge in [0.05, 0.1) is 13.2 Å². The van der Waals surface area contributed by atoms with Gasteiger partial charge in [-0.15, -0.1) is 0 Å². The Balaban J connectivity index is 1.64. The van der Waals surface area contributed by atoms with Gasteiger partial charge in [-0.05, 0) is 38.9 Å². The Kier molecular flexibility index (Phi) is 5.15. The maximum atomic E-state index is 5.49. The minimum atomic E-state index is 0.477. The molecule has 2 rings (SSSR count). The number of thioether (sulfide) groups is 1. The van der Waals surface area contributed by atoms with Crippen molar-refractivity contribution in [2.24, 2.45) is 0 Å². The Labute approximate surface area is 109 Å². The summed E-state index contributed by atoms with van der Waals surface area (Å²) in [5.41, 5.74) is 0. The summed E-state index contributed by atoms with van der Waals surface area (Å²) in [4.78, 5) is 0.